The third-order valence-corrected chi connectivity index (χ3v) is 11.8. The quantitative estimate of drug-likeness (QED) is 0.102. The molecule has 0 radical (unpaired) electrons. The Labute approximate surface area is 377 Å². The number of Topliss-reactive ketones (excluding diaryl/α,β-unsaturated/α-hetero) is 1. The van der Waals surface area contributed by atoms with Crippen LogP contribution in [0.5, 0.6) is 0 Å². The summed E-state index contributed by atoms with van der Waals surface area (Å²) in [6.07, 6.45) is 4.06. The number of likely N-dealkylation sites (tertiary alicyclic amines) is 1. The molecular formula is C50H65N7O7. The van der Waals surface area contributed by atoms with Gasteiger partial charge in [-0.15, -0.1) is 0 Å². The maximum atomic E-state index is 14.0. The van der Waals surface area contributed by atoms with Crippen LogP contribution < -0.4 is 16.0 Å². The molecule has 4 aromatic rings. The Morgan fingerprint density at radius 1 is 0.797 bits per heavy atom. The summed E-state index contributed by atoms with van der Waals surface area (Å²) in [6.45, 7) is 16.4. The van der Waals surface area contributed by atoms with Crippen LogP contribution in [0.1, 0.15) is 114 Å². The van der Waals surface area contributed by atoms with Crippen molar-refractivity contribution < 1.29 is 33.4 Å². The molecule has 14 nitrogen and oxygen atoms in total. The number of aromatic nitrogens is 3. The van der Waals surface area contributed by atoms with Crippen molar-refractivity contribution in [1.82, 2.24) is 30.7 Å². The Hall–Kier alpha value is -6.05. The lowest BCUT2D eigenvalue weighted by Crippen LogP contribution is -2.47. The van der Waals surface area contributed by atoms with Gasteiger partial charge < -0.3 is 30.3 Å². The summed E-state index contributed by atoms with van der Waals surface area (Å²) in [7, 11) is 0. The molecule has 342 valence electrons. The van der Waals surface area contributed by atoms with Crippen molar-refractivity contribution in [1.29, 1.82) is 0 Å². The lowest BCUT2D eigenvalue weighted by molar-refractivity contribution is -0.129. The Bertz CT molecular complexity index is 2260. The van der Waals surface area contributed by atoms with E-state index in [-0.39, 0.29) is 48.0 Å². The summed E-state index contributed by atoms with van der Waals surface area (Å²) in [6, 6.07) is 21.0. The minimum atomic E-state index is -0.607. The molecule has 2 fully saturated rings. The van der Waals surface area contributed by atoms with Crippen LogP contribution >= 0.6 is 0 Å². The summed E-state index contributed by atoms with van der Waals surface area (Å²) in [4.78, 5) is 72.0. The third kappa shape index (κ3) is 13.7. The normalized spacial score (nSPS) is 17.5. The number of hydrogen-bond acceptors (Lipinski definition) is 9. The fourth-order valence-corrected chi connectivity index (χ4v) is 8.35. The predicted octanol–water partition coefficient (Wildman–Crippen LogP) is 8.97. The first-order valence-corrected chi connectivity index (χ1v) is 22.6. The number of H-pyrrole nitrogens is 1. The highest BCUT2D eigenvalue weighted by atomic mass is 16.6. The van der Waals surface area contributed by atoms with Gasteiger partial charge in [0.05, 0.1) is 0 Å². The van der Waals surface area contributed by atoms with Crippen LogP contribution in [0.2, 0.25) is 0 Å². The summed E-state index contributed by atoms with van der Waals surface area (Å²) in [5.41, 5.74) is 4.70. The average molecular weight is 876 g/mol. The molecule has 1 aliphatic heterocycles. The molecule has 1 saturated heterocycles. The summed E-state index contributed by atoms with van der Waals surface area (Å²) in [5.74, 6) is 0.483. The Kier molecular flexibility index (Phi) is 15.3. The maximum absolute atomic E-state index is 14.0. The zero-order valence-electron chi connectivity index (χ0n) is 38.6. The molecule has 3 aromatic carbocycles. The molecule has 4 N–H and O–H groups in total. The molecule has 1 atom stereocenters. The van der Waals surface area contributed by atoms with E-state index < -0.39 is 23.2 Å². The van der Waals surface area contributed by atoms with Gasteiger partial charge in [-0.05, 0) is 165 Å². The second-order valence-corrected chi connectivity index (χ2v) is 19.4. The summed E-state index contributed by atoms with van der Waals surface area (Å²) >= 11 is 0. The summed E-state index contributed by atoms with van der Waals surface area (Å²) in [5, 5.41) is 16.1. The number of benzene rings is 3. The van der Waals surface area contributed by atoms with Crippen LogP contribution in [0, 0.1) is 31.6 Å². The molecule has 0 unspecified atom stereocenters. The molecule has 4 amide bonds. The van der Waals surface area contributed by atoms with E-state index in [1.54, 1.807) is 4.90 Å². The smallest absolute Gasteiger partial charge is 0.410 e. The first kappa shape index (κ1) is 47.4. The minimum Gasteiger partial charge on any atom is -0.444 e. The van der Waals surface area contributed by atoms with Crippen molar-refractivity contribution in [2.45, 2.75) is 124 Å². The molecule has 6 rings (SSSR count). The fraction of sp³-hybridized carbons (Fsp3) is 0.500. The standard InChI is InChI=1S/C50H65N7O7/c1-31-27-38(45(59)54-41-23-25-57(26-24-41)48(62)64-50(6,7)8)19-22-42(31)35-13-9-33(10-14-35)28-39(46(60)53-40-20-17-37(18-21-40)44-52-32(2)55-56-44)29-43(58)36-15-11-34(12-16-36)30-51-47(61)63-49(3,4)5/h9-10,13-14,17-22,27,34,36,39,41H,11-12,15-16,23-26,28-30H2,1-8H3,(H,51,61)(H,53,60)(H,54,59)(H,52,55,56)/t34?,36?,39-/m1/s1. The number of amides is 4. The van der Waals surface area contributed by atoms with Crippen LogP contribution in [-0.4, -0.2) is 86.7 Å². The number of nitrogens with zero attached hydrogens (tertiary/aromatic N) is 3. The van der Waals surface area contributed by atoms with Crippen LogP contribution in [0.15, 0.2) is 66.7 Å². The van der Waals surface area contributed by atoms with E-state index >= 15 is 0 Å². The number of ether oxygens (including phenoxy) is 2. The number of aryl methyl sites for hydroxylation is 2. The second-order valence-electron chi connectivity index (χ2n) is 19.4. The molecule has 1 aromatic heterocycles. The highest BCUT2D eigenvalue weighted by molar-refractivity contribution is 5.97. The molecule has 2 aliphatic rings. The van der Waals surface area contributed by atoms with Gasteiger partial charge in [-0.2, -0.15) is 5.10 Å². The summed E-state index contributed by atoms with van der Waals surface area (Å²) < 4.78 is 10.9. The first-order valence-electron chi connectivity index (χ1n) is 22.6. The van der Waals surface area contributed by atoms with E-state index in [0.29, 0.717) is 74.6 Å². The Morgan fingerprint density at radius 3 is 2.03 bits per heavy atom. The van der Waals surface area contributed by atoms with Crippen LogP contribution in [0.25, 0.3) is 22.5 Å². The van der Waals surface area contributed by atoms with Gasteiger partial charge in [0, 0.05) is 60.7 Å². The van der Waals surface area contributed by atoms with E-state index in [1.807, 2.05) is 122 Å². The number of piperidine rings is 1. The topological polar surface area (TPSA) is 185 Å². The molecule has 1 aliphatic carbocycles. The number of alkyl carbamates (subject to hydrolysis) is 1. The van der Waals surface area contributed by atoms with E-state index in [4.69, 9.17) is 9.47 Å². The van der Waals surface area contributed by atoms with Crippen LogP contribution in [0.3, 0.4) is 0 Å². The lowest BCUT2D eigenvalue weighted by atomic mass is 9.77. The van der Waals surface area contributed by atoms with Gasteiger partial charge in [0.1, 0.15) is 22.8 Å². The number of aromatic amines is 1. The SMILES string of the molecule is Cc1nc(-c2ccc(NC(=O)[C@@H](CC(=O)C3CCC(CNC(=O)OC(C)(C)C)CC3)Cc3ccc(-c4ccc(C(=O)NC5CCN(C(=O)OC(C)(C)C)CC5)cc4C)cc3)cc2)n[nH]1. The molecule has 0 bridgehead atoms. The molecule has 1 saturated carbocycles. The lowest BCUT2D eigenvalue weighted by Gasteiger charge is -2.33. The van der Waals surface area contributed by atoms with Crippen molar-refractivity contribution in [3.63, 3.8) is 0 Å². The monoisotopic (exact) mass is 875 g/mol. The fourth-order valence-electron chi connectivity index (χ4n) is 8.35. The number of nitrogens with one attached hydrogen (secondary N) is 4. The average Bonchev–Trinajstić information content (AvgIpc) is 3.68. The largest absolute Gasteiger partial charge is 0.444 e. The van der Waals surface area contributed by atoms with Gasteiger partial charge in [0.15, 0.2) is 5.82 Å². The Balaban J connectivity index is 1.08. The van der Waals surface area contributed by atoms with Crippen LogP contribution in [0.4, 0.5) is 15.3 Å². The number of anilines is 1. The number of carbonyl (C=O) groups excluding carboxylic acids is 5. The van der Waals surface area contributed by atoms with Crippen molar-refractivity contribution in [2.75, 3.05) is 25.0 Å². The molecule has 0 spiro atoms. The number of ketones is 1. The maximum Gasteiger partial charge on any atom is 0.410 e. The third-order valence-electron chi connectivity index (χ3n) is 11.8. The zero-order valence-corrected chi connectivity index (χ0v) is 38.6. The predicted molar refractivity (Wildman–Crippen MR) is 247 cm³/mol. The van der Waals surface area contributed by atoms with E-state index in [1.165, 1.54) is 0 Å². The zero-order chi connectivity index (χ0) is 46.2. The van der Waals surface area contributed by atoms with Gasteiger partial charge >= 0.3 is 12.2 Å². The molecule has 2 heterocycles. The number of hydrogen-bond donors (Lipinski definition) is 4. The van der Waals surface area contributed by atoms with E-state index in [2.05, 4.69) is 31.1 Å². The van der Waals surface area contributed by atoms with Crippen molar-refractivity contribution >= 4 is 35.5 Å². The van der Waals surface area contributed by atoms with Gasteiger partial charge in [-0.1, -0.05) is 30.3 Å². The van der Waals surface area contributed by atoms with Crippen molar-refractivity contribution in [2.24, 2.45) is 17.8 Å². The van der Waals surface area contributed by atoms with Gasteiger partial charge in [-0.25, -0.2) is 14.6 Å². The highest BCUT2D eigenvalue weighted by Crippen LogP contribution is 2.32. The second kappa shape index (κ2) is 20.6. The van der Waals surface area contributed by atoms with Crippen molar-refractivity contribution in [3.05, 3.63) is 89.2 Å². The van der Waals surface area contributed by atoms with E-state index in [0.717, 1.165) is 40.7 Å². The first-order chi connectivity index (χ1) is 30.3. The molecular weight excluding hydrogens is 811 g/mol. The minimum absolute atomic E-state index is 0.0374. The Morgan fingerprint density at radius 2 is 1.44 bits per heavy atom. The van der Waals surface area contributed by atoms with Crippen LogP contribution in [-0.2, 0) is 25.5 Å². The van der Waals surface area contributed by atoms with Gasteiger partial charge in [0.25, 0.3) is 5.91 Å². The molecule has 14 heteroatoms. The van der Waals surface area contributed by atoms with E-state index in [9.17, 15) is 24.0 Å². The number of rotatable bonds is 13. The number of carbonyl (C=O) groups is 5. The van der Waals surface area contributed by atoms with Crippen molar-refractivity contribution in [3.8, 4) is 22.5 Å². The highest BCUT2D eigenvalue weighted by Gasteiger charge is 2.32. The van der Waals surface area contributed by atoms with Gasteiger partial charge in [-0.3, -0.25) is 19.5 Å². The molecule has 64 heavy (non-hydrogen) atoms. The van der Waals surface area contributed by atoms with Gasteiger partial charge in [0.2, 0.25) is 5.91 Å².